The van der Waals surface area contributed by atoms with E-state index >= 15 is 0 Å². The number of esters is 1. The first-order chi connectivity index (χ1) is 11.6. The van der Waals surface area contributed by atoms with E-state index in [1.807, 2.05) is 4.90 Å². The van der Waals surface area contributed by atoms with Gasteiger partial charge in [-0.3, -0.25) is 4.79 Å². The first kappa shape index (κ1) is 16.2. The van der Waals surface area contributed by atoms with Crippen molar-refractivity contribution in [3.05, 3.63) is 39.9 Å². The van der Waals surface area contributed by atoms with Crippen molar-refractivity contribution in [2.75, 3.05) is 24.6 Å². The number of hydrogen-bond acceptors (Lipinski definition) is 7. The summed E-state index contributed by atoms with van der Waals surface area (Å²) in [5.74, 6) is 0.237. The van der Waals surface area contributed by atoms with Gasteiger partial charge in [0.05, 0.1) is 12.3 Å². The fraction of sp³-hybridized carbons (Fsp3) is 0.500. The van der Waals surface area contributed by atoms with Gasteiger partial charge in [-0.05, 0) is 26.7 Å². The lowest BCUT2D eigenvalue weighted by molar-refractivity contribution is 0.0519. The molecule has 2 aromatic heterocycles. The Morgan fingerprint density at radius 1 is 1.50 bits per heavy atom. The third-order valence-corrected chi connectivity index (χ3v) is 3.97. The molecule has 8 nitrogen and oxygen atoms in total. The zero-order valence-electron chi connectivity index (χ0n) is 13.7. The Hall–Kier alpha value is -2.64. The van der Waals surface area contributed by atoms with Gasteiger partial charge in [0.1, 0.15) is 12.1 Å². The fourth-order valence-electron chi connectivity index (χ4n) is 2.91. The topological polar surface area (TPSA) is 101 Å². The number of anilines is 1. The summed E-state index contributed by atoms with van der Waals surface area (Å²) >= 11 is 0. The highest BCUT2D eigenvalue weighted by Gasteiger charge is 2.26. The van der Waals surface area contributed by atoms with E-state index in [1.54, 1.807) is 19.9 Å². The van der Waals surface area contributed by atoms with Crippen LogP contribution in [0, 0.1) is 6.92 Å². The molecule has 2 aromatic rings. The standard InChI is InChI=1S/C16H20N4O4/c1-3-23-15(22)13-9-24-16(19-13)20-6-4-5-11(8-20)12-7-14(21)18-10(2)17-12/h7,9,11H,3-6,8H2,1-2H3,(H,17,18,21)/t11-/m0/s1. The number of oxazole rings is 1. The number of rotatable bonds is 4. The van der Waals surface area contributed by atoms with Crippen molar-refractivity contribution in [1.29, 1.82) is 0 Å². The van der Waals surface area contributed by atoms with E-state index in [1.165, 1.54) is 6.26 Å². The molecular weight excluding hydrogens is 312 g/mol. The molecule has 1 aliphatic rings. The van der Waals surface area contributed by atoms with Gasteiger partial charge in [0.25, 0.3) is 11.6 Å². The minimum Gasteiger partial charge on any atom is -0.461 e. The van der Waals surface area contributed by atoms with Crippen LogP contribution in [0.1, 0.15) is 47.7 Å². The first-order valence-corrected chi connectivity index (χ1v) is 8.02. The molecule has 24 heavy (non-hydrogen) atoms. The van der Waals surface area contributed by atoms with Crippen molar-refractivity contribution in [1.82, 2.24) is 15.0 Å². The molecule has 0 unspecified atom stereocenters. The number of ether oxygens (including phenoxy) is 1. The molecule has 8 heteroatoms. The summed E-state index contributed by atoms with van der Waals surface area (Å²) in [5.41, 5.74) is 0.799. The number of aromatic nitrogens is 3. The van der Waals surface area contributed by atoms with Crippen molar-refractivity contribution in [3.63, 3.8) is 0 Å². The van der Waals surface area contributed by atoms with Crippen LogP contribution in [-0.4, -0.2) is 40.6 Å². The maximum absolute atomic E-state index is 11.7. The molecule has 0 saturated carbocycles. The Bertz CT molecular complexity index is 782. The Kier molecular flexibility index (Phi) is 4.64. The number of nitrogens with one attached hydrogen (secondary N) is 1. The summed E-state index contributed by atoms with van der Waals surface area (Å²) in [6, 6.07) is 1.94. The normalized spacial score (nSPS) is 17.8. The van der Waals surface area contributed by atoms with Gasteiger partial charge in [-0.25, -0.2) is 9.78 Å². The van der Waals surface area contributed by atoms with Gasteiger partial charge < -0.3 is 19.0 Å². The highest BCUT2D eigenvalue weighted by Crippen LogP contribution is 2.28. The van der Waals surface area contributed by atoms with Gasteiger partial charge in [-0.15, -0.1) is 0 Å². The maximum atomic E-state index is 11.7. The second kappa shape index (κ2) is 6.86. The maximum Gasteiger partial charge on any atom is 0.360 e. The van der Waals surface area contributed by atoms with Gasteiger partial charge in [-0.2, -0.15) is 4.98 Å². The Morgan fingerprint density at radius 2 is 2.33 bits per heavy atom. The van der Waals surface area contributed by atoms with Crippen LogP contribution in [0.3, 0.4) is 0 Å². The molecule has 0 aliphatic carbocycles. The van der Waals surface area contributed by atoms with Crippen molar-refractivity contribution < 1.29 is 13.9 Å². The van der Waals surface area contributed by atoms with Crippen LogP contribution < -0.4 is 10.5 Å². The van der Waals surface area contributed by atoms with Crippen LogP contribution in [0.4, 0.5) is 6.01 Å². The van der Waals surface area contributed by atoms with Gasteiger partial charge in [0.2, 0.25) is 0 Å². The summed E-state index contributed by atoms with van der Waals surface area (Å²) in [5, 5.41) is 0. The molecule has 0 radical (unpaired) electrons. The van der Waals surface area contributed by atoms with Crippen LogP contribution in [-0.2, 0) is 4.74 Å². The SMILES string of the molecule is CCOC(=O)c1coc(N2CCC[C@H](c3cc(=O)[nH]c(C)n3)C2)n1. The second-order valence-electron chi connectivity index (χ2n) is 5.78. The van der Waals surface area contributed by atoms with Crippen LogP contribution in [0.5, 0.6) is 0 Å². The van der Waals surface area contributed by atoms with Crippen molar-refractivity contribution >= 4 is 12.0 Å². The van der Waals surface area contributed by atoms with Crippen LogP contribution >= 0.6 is 0 Å². The van der Waals surface area contributed by atoms with E-state index in [2.05, 4.69) is 15.0 Å². The zero-order valence-corrected chi connectivity index (χ0v) is 13.7. The summed E-state index contributed by atoms with van der Waals surface area (Å²) < 4.78 is 10.3. The number of carbonyl (C=O) groups excluding carboxylic acids is 1. The van der Waals surface area contributed by atoms with E-state index in [9.17, 15) is 9.59 Å². The molecule has 3 heterocycles. The van der Waals surface area contributed by atoms with E-state index in [4.69, 9.17) is 9.15 Å². The molecule has 0 amide bonds. The zero-order chi connectivity index (χ0) is 17.1. The minimum absolute atomic E-state index is 0.123. The fourth-order valence-corrected chi connectivity index (χ4v) is 2.91. The Labute approximate surface area is 138 Å². The lowest BCUT2D eigenvalue weighted by Gasteiger charge is -2.31. The molecule has 0 bridgehead atoms. The number of piperidine rings is 1. The predicted molar refractivity (Wildman–Crippen MR) is 86.2 cm³/mol. The number of aromatic amines is 1. The molecule has 1 atom stereocenters. The molecule has 1 aliphatic heterocycles. The van der Waals surface area contributed by atoms with Crippen molar-refractivity contribution in [2.24, 2.45) is 0 Å². The van der Waals surface area contributed by atoms with Crippen LogP contribution in [0.15, 0.2) is 21.5 Å². The predicted octanol–water partition coefficient (Wildman–Crippen LogP) is 1.63. The number of aryl methyl sites for hydroxylation is 1. The number of hydrogen-bond donors (Lipinski definition) is 1. The van der Waals surface area contributed by atoms with Crippen molar-refractivity contribution in [2.45, 2.75) is 32.6 Å². The van der Waals surface area contributed by atoms with Gasteiger partial charge in [0.15, 0.2) is 5.69 Å². The van der Waals surface area contributed by atoms with Crippen LogP contribution in [0.2, 0.25) is 0 Å². The van der Waals surface area contributed by atoms with E-state index < -0.39 is 5.97 Å². The summed E-state index contributed by atoms with van der Waals surface area (Å²) in [4.78, 5) is 36.6. The number of H-pyrrole nitrogens is 1. The van der Waals surface area contributed by atoms with Gasteiger partial charge >= 0.3 is 5.97 Å². The minimum atomic E-state index is -0.493. The number of carbonyl (C=O) groups is 1. The summed E-state index contributed by atoms with van der Waals surface area (Å²) in [6.07, 6.45) is 3.18. The van der Waals surface area contributed by atoms with E-state index in [0.29, 0.717) is 25.0 Å². The molecule has 3 rings (SSSR count). The third kappa shape index (κ3) is 3.47. The second-order valence-corrected chi connectivity index (χ2v) is 5.78. The summed E-state index contributed by atoms with van der Waals surface area (Å²) in [6.45, 7) is 5.22. The number of nitrogens with zero attached hydrogens (tertiary/aromatic N) is 3. The highest BCUT2D eigenvalue weighted by molar-refractivity contribution is 5.87. The van der Waals surface area contributed by atoms with E-state index in [0.717, 1.165) is 25.1 Å². The first-order valence-electron chi connectivity index (χ1n) is 8.02. The molecule has 1 fully saturated rings. The Morgan fingerprint density at radius 3 is 3.08 bits per heavy atom. The average molecular weight is 332 g/mol. The molecule has 1 saturated heterocycles. The molecule has 0 spiro atoms. The highest BCUT2D eigenvalue weighted by atomic mass is 16.5. The van der Waals surface area contributed by atoms with E-state index in [-0.39, 0.29) is 17.2 Å². The molecule has 128 valence electrons. The molecule has 0 aromatic carbocycles. The summed E-state index contributed by atoms with van der Waals surface area (Å²) in [7, 11) is 0. The monoisotopic (exact) mass is 332 g/mol. The van der Waals surface area contributed by atoms with Gasteiger partial charge in [-0.1, -0.05) is 0 Å². The largest absolute Gasteiger partial charge is 0.461 e. The van der Waals surface area contributed by atoms with Crippen LogP contribution in [0.25, 0.3) is 0 Å². The van der Waals surface area contributed by atoms with Gasteiger partial charge in [0, 0.05) is 25.1 Å². The van der Waals surface area contributed by atoms with Crippen molar-refractivity contribution in [3.8, 4) is 0 Å². The third-order valence-electron chi connectivity index (χ3n) is 3.97. The molecule has 1 N–H and O–H groups in total. The smallest absolute Gasteiger partial charge is 0.360 e. The quantitative estimate of drug-likeness (QED) is 0.849. The average Bonchev–Trinajstić information content (AvgIpc) is 3.04. The Balaban J connectivity index is 1.76. The lowest BCUT2D eigenvalue weighted by Crippen LogP contribution is -2.35. The lowest BCUT2D eigenvalue weighted by atomic mass is 9.95. The molecular formula is C16H20N4O4.